The summed E-state index contributed by atoms with van der Waals surface area (Å²) in [5, 5.41) is 2.87. The van der Waals surface area contributed by atoms with E-state index in [-0.39, 0.29) is 29.9 Å². The molecule has 0 spiro atoms. The lowest BCUT2D eigenvalue weighted by molar-refractivity contribution is -0.130. The highest BCUT2D eigenvalue weighted by Gasteiger charge is 2.16. The van der Waals surface area contributed by atoms with Gasteiger partial charge in [0.1, 0.15) is 0 Å². The third-order valence-corrected chi connectivity index (χ3v) is 3.54. The smallest absolute Gasteiger partial charge is 0.293 e. The first-order chi connectivity index (χ1) is 9.59. The molecule has 0 atom stereocenters. The Morgan fingerprint density at radius 3 is 2.70 bits per heavy atom. The molecule has 0 radical (unpaired) electrons. The van der Waals surface area contributed by atoms with Crippen molar-refractivity contribution in [3.63, 3.8) is 0 Å². The normalized spacial score (nSPS) is 15.4. The van der Waals surface area contributed by atoms with Crippen LogP contribution in [0.15, 0.2) is 17.2 Å². The molecule has 1 aromatic rings. The predicted molar refractivity (Wildman–Crippen MR) is 77.8 cm³/mol. The van der Waals surface area contributed by atoms with Crippen LogP contribution in [0.25, 0.3) is 0 Å². The number of hydrogen-bond acceptors (Lipinski definition) is 4. The van der Waals surface area contributed by atoms with Gasteiger partial charge in [-0.25, -0.2) is 4.98 Å². The largest absolute Gasteiger partial charge is 0.356 e. The quantitative estimate of drug-likeness (QED) is 0.900. The van der Waals surface area contributed by atoms with Gasteiger partial charge in [-0.2, -0.15) is 0 Å². The number of aromatic nitrogens is 2. The van der Waals surface area contributed by atoms with Crippen LogP contribution >= 0.6 is 0 Å². The minimum absolute atomic E-state index is 0.0332. The number of amides is 1. The molecule has 1 fully saturated rings. The summed E-state index contributed by atoms with van der Waals surface area (Å²) in [5.74, 6) is 0.275. The van der Waals surface area contributed by atoms with Crippen LogP contribution in [-0.2, 0) is 4.79 Å². The fraction of sp³-hybridized carbons (Fsp3) is 0.643. The molecular formula is C14H22N4O2. The molecule has 1 N–H and O–H groups in total. The van der Waals surface area contributed by atoms with Gasteiger partial charge in [-0.15, -0.1) is 0 Å². The molecule has 2 rings (SSSR count). The lowest BCUT2D eigenvalue weighted by Crippen LogP contribution is -2.40. The average Bonchev–Trinajstić information content (AvgIpc) is 2.46. The number of hydrogen-bond donors (Lipinski definition) is 1. The molecule has 0 bridgehead atoms. The molecule has 1 aliphatic rings. The summed E-state index contributed by atoms with van der Waals surface area (Å²) in [6, 6.07) is 0.0730. The van der Waals surface area contributed by atoms with E-state index >= 15 is 0 Å². The third kappa shape index (κ3) is 3.37. The minimum Gasteiger partial charge on any atom is -0.356 e. The number of anilines is 1. The fourth-order valence-electron chi connectivity index (χ4n) is 2.37. The van der Waals surface area contributed by atoms with E-state index in [0.29, 0.717) is 0 Å². The summed E-state index contributed by atoms with van der Waals surface area (Å²) in [7, 11) is 0. The summed E-state index contributed by atoms with van der Waals surface area (Å²) in [5.41, 5.74) is -0.186. The van der Waals surface area contributed by atoms with Gasteiger partial charge in [0.05, 0.1) is 6.54 Å². The second-order valence-electron chi connectivity index (χ2n) is 5.38. The number of carbonyl (C=O) groups is 1. The molecule has 0 saturated carbocycles. The lowest BCUT2D eigenvalue weighted by Gasteiger charge is -2.26. The van der Waals surface area contributed by atoms with Crippen molar-refractivity contribution in [2.45, 2.75) is 39.2 Å². The predicted octanol–water partition coefficient (Wildman–Crippen LogP) is 1.25. The van der Waals surface area contributed by atoms with Crippen molar-refractivity contribution in [3.8, 4) is 0 Å². The summed E-state index contributed by atoms with van der Waals surface area (Å²) in [6.07, 6.45) is 6.56. The topological polar surface area (TPSA) is 67.2 Å². The first-order valence-corrected chi connectivity index (χ1v) is 7.18. The first-order valence-electron chi connectivity index (χ1n) is 7.18. The maximum absolute atomic E-state index is 12.1. The first kappa shape index (κ1) is 14.6. The van der Waals surface area contributed by atoms with Gasteiger partial charge >= 0.3 is 0 Å². The Balaban J connectivity index is 1.98. The molecule has 0 aliphatic carbocycles. The summed E-state index contributed by atoms with van der Waals surface area (Å²) in [4.78, 5) is 30.0. The maximum Gasteiger partial charge on any atom is 0.293 e. The highest BCUT2D eigenvalue weighted by molar-refractivity contribution is 5.80. The van der Waals surface area contributed by atoms with Gasteiger partial charge in [0.25, 0.3) is 5.56 Å². The Morgan fingerprint density at radius 2 is 2.05 bits per heavy atom. The fourth-order valence-corrected chi connectivity index (χ4v) is 2.37. The van der Waals surface area contributed by atoms with Gasteiger partial charge in [0.15, 0.2) is 5.82 Å². The van der Waals surface area contributed by atoms with Crippen molar-refractivity contribution in [1.82, 2.24) is 14.5 Å². The molecule has 6 heteroatoms. The highest BCUT2D eigenvalue weighted by Crippen LogP contribution is 2.08. The van der Waals surface area contributed by atoms with E-state index in [4.69, 9.17) is 0 Å². The van der Waals surface area contributed by atoms with Gasteiger partial charge in [-0.3, -0.25) is 9.59 Å². The Kier molecular flexibility index (Phi) is 4.76. The molecule has 6 nitrogen and oxygen atoms in total. The number of nitrogens with one attached hydrogen (secondary N) is 1. The molecule has 1 amide bonds. The summed E-state index contributed by atoms with van der Waals surface area (Å²) >= 11 is 0. The Hall–Kier alpha value is -1.85. The second-order valence-corrected chi connectivity index (χ2v) is 5.38. The minimum atomic E-state index is -0.186. The molecule has 1 aromatic heterocycles. The van der Waals surface area contributed by atoms with Crippen LogP contribution in [0.4, 0.5) is 5.82 Å². The van der Waals surface area contributed by atoms with Crippen LogP contribution in [0.1, 0.15) is 39.2 Å². The van der Waals surface area contributed by atoms with E-state index in [1.54, 1.807) is 17.0 Å². The van der Waals surface area contributed by atoms with Crippen molar-refractivity contribution in [3.05, 3.63) is 22.7 Å². The number of rotatable bonds is 4. The van der Waals surface area contributed by atoms with E-state index in [0.717, 1.165) is 25.9 Å². The highest BCUT2D eigenvalue weighted by atomic mass is 16.2. The summed E-state index contributed by atoms with van der Waals surface area (Å²) < 4.78 is 1.60. The van der Waals surface area contributed by atoms with Crippen molar-refractivity contribution in [1.29, 1.82) is 0 Å². The molecule has 1 aliphatic heterocycles. The standard InChI is InChI=1S/C14H22N4O2/c1-11(2)18-9-6-15-13(14(18)20)16-10-12(19)17-7-4-3-5-8-17/h6,9,11H,3-5,7-8,10H2,1-2H3,(H,15,16). The van der Waals surface area contributed by atoms with E-state index < -0.39 is 0 Å². The van der Waals surface area contributed by atoms with Crippen molar-refractivity contribution >= 4 is 11.7 Å². The van der Waals surface area contributed by atoms with E-state index in [1.807, 2.05) is 18.7 Å². The van der Waals surface area contributed by atoms with Crippen molar-refractivity contribution in [2.75, 3.05) is 25.0 Å². The molecule has 0 aromatic carbocycles. The van der Waals surface area contributed by atoms with E-state index in [2.05, 4.69) is 10.3 Å². The van der Waals surface area contributed by atoms with E-state index in [1.165, 1.54) is 6.42 Å². The monoisotopic (exact) mass is 278 g/mol. The molecule has 110 valence electrons. The van der Waals surface area contributed by atoms with Crippen LogP contribution in [0.2, 0.25) is 0 Å². The third-order valence-electron chi connectivity index (χ3n) is 3.54. The van der Waals surface area contributed by atoms with Gasteiger partial charge in [0, 0.05) is 31.5 Å². The van der Waals surface area contributed by atoms with Crippen molar-refractivity contribution in [2.24, 2.45) is 0 Å². The van der Waals surface area contributed by atoms with Gasteiger partial charge in [0.2, 0.25) is 5.91 Å². The molecule has 0 unspecified atom stereocenters. The molecule has 2 heterocycles. The van der Waals surface area contributed by atoms with Crippen LogP contribution in [0.3, 0.4) is 0 Å². The average molecular weight is 278 g/mol. The zero-order valence-electron chi connectivity index (χ0n) is 12.1. The van der Waals surface area contributed by atoms with Gasteiger partial charge < -0.3 is 14.8 Å². The number of nitrogens with zero attached hydrogens (tertiary/aromatic N) is 3. The van der Waals surface area contributed by atoms with Crippen LogP contribution < -0.4 is 10.9 Å². The van der Waals surface area contributed by atoms with Gasteiger partial charge in [-0.1, -0.05) is 0 Å². The van der Waals surface area contributed by atoms with Crippen LogP contribution in [0.5, 0.6) is 0 Å². The second kappa shape index (κ2) is 6.54. The SMILES string of the molecule is CC(C)n1ccnc(NCC(=O)N2CCCCC2)c1=O. The maximum atomic E-state index is 12.1. The molecule has 1 saturated heterocycles. The number of likely N-dealkylation sites (tertiary alicyclic amines) is 1. The Bertz CT molecular complexity index is 518. The molecular weight excluding hydrogens is 256 g/mol. The zero-order valence-corrected chi connectivity index (χ0v) is 12.1. The summed E-state index contributed by atoms with van der Waals surface area (Å²) in [6.45, 7) is 5.64. The number of carbonyl (C=O) groups excluding carboxylic acids is 1. The zero-order chi connectivity index (χ0) is 14.5. The van der Waals surface area contributed by atoms with Crippen LogP contribution in [-0.4, -0.2) is 40.0 Å². The van der Waals surface area contributed by atoms with E-state index in [9.17, 15) is 9.59 Å². The molecule has 20 heavy (non-hydrogen) atoms. The number of piperidine rings is 1. The Labute approximate surface area is 118 Å². The van der Waals surface area contributed by atoms with Gasteiger partial charge in [-0.05, 0) is 33.1 Å². The van der Waals surface area contributed by atoms with Crippen LogP contribution in [0, 0.1) is 0 Å². The Morgan fingerprint density at radius 1 is 1.35 bits per heavy atom. The van der Waals surface area contributed by atoms with Crippen molar-refractivity contribution < 1.29 is 4.79 Å². The lowest BCUT2D eigenvalue weighted by atomic mass is 10.1.